The third-order valence-electron chi connectivity index (χ3n) is 3.60. The molecule has 2 aromatic rings. The highest BCUT2D eigenvalue weighted by atomic mass is 32.1. The number of hydrogen-bond acceptors (Lipinski definition) is 3. The van der Waals surface area contributed by atoms with Crippen molar-refractivity contribution in [2.45, 2.75) is 0 Å². The van der Waals surface area contributed by atoms with Crippen LogP contribution in [0.4, 0.5) is 0 Å². The quantitative estimate of drug-likeness (QED) is 0.403. The van der Waals surface area contributed by atoms with E-state index in [2.05, 4.69) is 11.9 Å². The molecular formula is C18H15N3O2S. The fourth-order valence-corrected chi connectivity index (χ4v) is 2.72. The van der Waals surface area contributed by atoms with Crippen LogP contribution in [0.25, 0.3) is 11.8 Å². The predicted octanol–water partition coefficient (Wildman–Crippen LogP) is 2.29. The summed E-state index contributed by atoms with van der Waals surface area (Å²) in [7, 11) is 0. The number of carbonyl (C=O) groups is 2. The third-order valence-corrected chi connectivity index (χ3v) is 3.93. The molecule has 24 heavy (non-hydrogen) atoms. The van der Waals surface area contributed by atoms with E-state index in [0.29, 0.717) is 0 Å². The molecule has 0 saturated carbocycles. The first-order valence-corrected chi connectivity index (χ1v) is 7.75. The number of thiocarbonyl (C=S) groups is 1. The summed E-state index contributed by atoms with van der Waals surface area (Å²) in [6.45, 7) is 3.85. The number of benzene rings is 1. The lowest BCUT2D eigenvalue weighted by molar-refractivity contribution is -0.128. The highest BCUT2D eigenvalue weighted by Crippen LogP contribution is 2.18. The van der Waals surface area contributed by atoms with Gasteiger partial charge in [-0.05, 0) is 42.6 Å². The van der Waals surface area contributed by atoms with Gasteiger partial charge >= 0.3 is 0 Å². The number of para-hydroxylation sites is 1. The van der Waals surface area contributed by atoms with Gasteiger partial charge in [-0.3, -0.25) is 19.8 Å². The van der Waals surface area contributed by atoms with Crippen molar-refractivity contribution in [2.24, 2.45) is 0 Å². The van der Waals surface area contributed by atoms with Crippen LogP contribution < -0.4 is 5.32 Å². The van der Waals surface area contributed by atoms with Crippen LogP contribution >= 0.6 is 12.2 Å². The monoisotopic (exact) mass is 337 g/mol. The van der Waals surface area contributed by atoms with Crippen LogP contribution in [0, 0.1) is 0 Å². The molecule has 0 radical (unpaired) electrons. The number of nitrogens with zero attached hydrogens (tertiary/aromatic N) is 2. The summed E-state index contributed by atoms with van der Waals surface area (Å²) in [6.07, 6.45) is 5.01. The molecule has 0 spiro atoms. The highest BCUT2D eigenvalue weighted by molar-refractivity contribution is 7.80. The molecule has 5 nitrogen and oxygen atoms in total. The molecule has 120 valence electrons. The van der Waals surface area contributed by atoms with Crippen molar-refractivity contribution < 1.29 is 9.59 Å². The number of carbonyl (C=O) groups excluding carboxylic acids is 2. The van der Waals surface area contributed by atoms with E-state index in [9.17, 15) is 9.59 Å². The Morgan fingerprint density at radius 3 is 2.58 bits per heavy atom. The molecule has 0 aliphatic carbocycles. The van der Waals surface area contributed by atoms with Gasteiger partial charge in [-0.1, -0.05) is 24.3 Å². The van der Waals surface area contributed by atoms with Crippen LogP contribution in [0.1, 0.15) is 5.69 Å². The second-order valence-electron chi connectivity index (χ2n) is 5.16. The van der Waals surface area contributed by atoms with E-state index in [0.717, 1.165) is 11.4 Å². The highest BCUT2D eigenvalue weighted by Gasteiger charge is 2.32. The van der Waals surface area contributed by atoms with E-state index in [4.69, 9.17) is 12.2 Å². The zero-order chi connectivity index (χ0) is 17.1. The van der Waals surface area contributed by atoms with Crippen molar-refractivity contribution in [3.05, 3.63) is 72.6 Å². The largest absolute Gasteiger partial charge is 0.317 e. The lowest BCUT2D eigenvalue weighted by atomic mass is 10.1. The zero-order valence-electron chi connectivity index (χ0n) is 12.8. The first-order valence-electron chi connectivity index (χ1n) is 7.34. The summed E-state index contributed by atoms with van der Waals surface area (Å²) >= 11 is 5.04. The van der Waals surface area contributed by atoms with Gasteiger partial charge in [0.05, 0.1) is 0 Å². The first-order chi connectivity index (χ1) is 11.6. The number of nitrogens with one attached hydrogen (secondary N) is 1. The Bertz CT molecular complexity index is 852. The number of rotatable bonds is 4. The zero-order valence-corrected chi connectivity index (χ0v) is 13.6. The minimum Gasteiger partial charge on any atom is -0.317 e. The van der Waals surface area contributed by atoms with Gasteiger partial charge in [-0.25, -0.2) is 0 Å². The fraction of sp³-hybridized carbons (Fsp3) is 0.0556. The Morgan fingerprint density at radius 2 is 1.88 bits per heavy atom. The molecule has 1 saturated heterocycles. The number of hydrogen-bond donors (Lipinski definition) is 1. The topological polar surface area (TPSA) is 54.3 Å². The third kappa shape index (κ3) is 2.91. The van der Waals surface area contributed by atoms with Crippen molar-refractivity contribution in [3.8, 4) is 5.69 Å². The molecule has 0 atom stereocenters. The van der Waals surface area contributed by atoms with Crippen molar-refractivity contribution in [1.29, 1.82) is 0 Å². The Hall–Kier alpha value is -2.99. The van der Waals surface area contributed by atoms with Crippen LogP contribution in [-0.2, 0) is 9.59 Å². The predicted molar refractivity (Wildman–Crippen MR) is 96.4 cm³/mol. The van der Waals surface area contributed by atoms with E-state index in [1.165, 1.54) is 4.90 Å². The second kappa shape index (κ2) is 6.64. The summed E-state index contributed by atoms with van der Waals surface area (Å²) in [4.78, 5) is 26.1. The molecule has 1 N–H and O–H groups in total. The Labute approximate surface area is 144 Å². The van der Waals surface area contributed by atoms with Crippen LogP contribution in [0.5, 0.6) is 0 Å². The molecule has 1 aromatic carbocycles. The number of aromatic nitrogens is 1. The Kier molecular flexibility index (Phi) is 4.39. The van der Waals surface area contributed by atoms with Gasteiger partial charge in [-0.2, -0.15) is 0 Å². The first kappa shape index (κ1) is 15.9. The maximum absolute atomic E-state index is 12.6. The van der Waals surface area contributed by atoms with Crippen molar-refractivity contribution in [2.75, 3.05) is 6.54 Å². The van der Waals surface area contributed by atoms with Crippen LogP contribution in [0.3, 0.4) is 0 Å². The molecule has 1 aliphatic heterocycles. The minimum absolute atomic E-state index is 0.0429. The maximum atomic E-state index is 12.6. The Balaban J connectivity index is 2.01. The van der Waals surface area contributed by atoms with E-state index >= 15 is 0 Å². The van der Waals surface area contributed by atoms with E-state index in [1.807, 2.05) is 53.2 Å². The minimum atomic E-state index is -0.494. The van der Waals surface area contributed by atoms with Gasteiger partial charge in [0, 0.05) is 24.1 Å². The molecule has 0 unspecified atom stereocenters. The molecule has 0 bridgehead atoms. The summed E-state index contributed by atoms with van der Waals surface area (Å²) in [5.41, 5.74) is 1.71. The smallest absolute Gasteiger partial charge is 0.266 e. The lowest BCUT2D eigenvalue weighted by Gasteiger charge is -2.27. The normalized spacial score (nSPS) is 16.4. The molecule has 3 rings (SSSR count). The van der Waals surface area contributed by atoms with E-state index in [-0.39, 0.29) is 17.2 Å². The van der Waals surface area contributed by atoms with Crippen LogP contribution in [-0.4, -0.2) is 32.9 Å². The van der Waals surface area contributed by atoms with Crippen molar-refractivity contribution in [3.63, 3.8) is 0 Å². The van der Waals surface area contributed by atoms with Crippen molar-refractivity contribution >= 4 is 35.2 Å². The van der Waals surface area contributed by atoms with Gasteiger partial charge < -0.3 is 4.57 Å². The lowest BCUT2D eigenvalue weighted by Crippen LogP contribution is -2.53. The van der Waals surface area contributed by atoms with Gasteiger partial charge in [0.1, 0.15) is 5.57 Å². The van der Waals surface area contributed by atoms with Crippen LogP contribution in [0.2, 0.25) is 0 Å². The van der Waals surface area contributed by atoms with Gasteiger partial charge in [-0.15, -0.1) is 6.58 Å². The van der Waals surface area contributed by atoms with Gasteiger partial charge in [0.25, 0.3) is 11.8 Å². The molecule has 2 heterocycles. The maximum Gasteiger partial charge on any atom is 0.266 e. The van der Waals surface area contributed by atoms with Gasteiger partial charge in [0.15, 0.2) is 5.11 Å². The summed E-state index contributed by atoms with van der Waals surface area (Å²) in [5, 5.41) is 2.64. The molecule has 1 aromatic heterocycles. The summed E-state index contributed by atoms with van der Waals surface area (Å²) < 4.78 is 1.90. The van der Waals surface area contributed by atoms with E-state index < -0.39 is 11.8 Å². The average Bonchev–Trinajstić information content (AvgIpc) is 3.04. The van der Waals surface area contributed by atoms with Crippen LogP contribution in [0.15, 0.2) is 66.9 Å². The molecular weight excluding hydrogens is 322 g/mol. The van der Waals surface area contributed by atoms with Gasteiger partial charge in [0.2, 0.25) is 0 Å². The summed E-state index contributed by atoms with van der Waals surface area (Å²) in [5.74, 6) is -0.921. The fourth-order valence-electron chi connectivity index (χ4n) is 2.47. The van der Waals surface area contributed by atoms with E-state index in [1.54, 1.807) is 12.2 Å². The standard InChI is InChI=1S/C18H15N3O2S/c1-2-10-21-17(23)15(16(22)19-18(21)24)12-14-9-6-11-20(14)13-7-4-3-5-8-13/h2-9,11-12H,1,10H2,(H,19,22,24)/b15-12+. The second-order valence-corrected chi connectivity index (χ2v) is 5.55. The molecule has 1 fully saturated rings. The average molecular weight is 337 g/mol. The molecule has 6 heteroatoms. The molecule has 2 amide bonds. The Morgan fingerprint density at radius 1 is 1.12 bits per heavy atom. The van der Waals surface area contributed by atoms with Crippen molar-refractivity contribution in [1.82, 2.24) is 14.8 Å². The summed E-state index contributed by atoms with van der Waals surface area (Å²) in [6, 6.07) is 13.4. The SMILES string of the molecule is C=CCN1C(=O)/C(=C/c2cccn2-c2ccccc2)C(=O)NC1=S. The molecule has 1 aliphatic rings. The number of amides is 2.